The molecule has 3 N–H and O–H groups in total. The Hall–Kier alpha value is -4.20. The Kier molecular flexibility index (Phi) is 7.10. The van der Waals surface area contributed by atoms with Crippen LogP contribution in [0.15, 0.2) is 66.7 Å². The fourth-order valence-corrected chi connectivity index (χ4v) is 4.29. The second-order valence-corrected chi connectivity index (χ2v) is 8.30. The first-order valence-electron chi connectivity index (χ1n) is 11.3. The number of rotatable bonds is 8. The zero-order valence-corrected chi connectivity index (χ0v) is 19.1. The van der Waals surface area contributed by atoms with Gasteiger partial charge in [0.2, 0.25) is 5.91 Å². The monoisotopic (exact) mass is 476 g/mol. The molecule has 1 atom stereocenters. The van der Waals surface area contributed by atoms with Gasteiger partial charge in [0, 0.05) is 18.2 Å². The molecule has 180 valence electrons. The number of aromatic carboxylic acids is 1. The van der Waals surface area contributed by atoms with E-state index in [1.54, 1.807) is 6.92 Å². The molecule has 0 heterocycles. The molecule has 0 aromatic heterocycles. The topological polar surface area (TPSA) is 105 Å². The van der Waals surface area contributed by atoms with E-state index in [0.29, 0.717) is 6.42 Å². The molecule has 8 heteroatoms. The Morgan fingerprint density at radius 2 is 1.63 bits per heavy atom. The van der Waals surface area contributed by atoms with Crippen molar-refractivity contribution in [1.82, 2.24) is 5.32 Å². The maximum Gasteiger partial charge on any atom is 0.407 e. The first-order valence-corrected chi connectivity index (χ1v) is 11.3. The summed E-state index contributed by atoms with van der Waals surface area (Å²) < 4.78 is 19.1. The van der Waals surface area contributed by atoms with Crippen LogP contribution in [0.1, 0.15) is 40.7 Å². The van der Waals surface area contributed by atoms with Gasteiger partial charge in [0.05, 0.1) is 11.5 Å². The molecule has 4 rings (SSSR count). The van der Waals surface area contributed by atoms with Crippen molar-refractivity contribution in [2.24, 2.45) is 5.92 Å². The maximum absolute atomic E-state index is 13.6. The molecule has 2 amide bonds. The van der Waals surface area contributed by atoms with Crippen molar-refractivity contribution in [3.8, 4) is 11.1 Å². The predicted octanol–water partition coefficient (Wildman–Crippen LogP) is 5.03. The highest BCUT2D eigenvalue weighted by atomic mass is 19.1. The number of carboxylic acids is 1. The van der Waals surface area contributed by atoms with Gasteiger partial charge in [-0.15, -0.1) is 0 Å². The highest BCUT2D eigenvalue weighted by Gasteiger charge is 2.29. The number of benzene rings is 3. The van der Waals surface area contributed by atoms with E-state index in [0.717, 1.165) is 34.4 Å². The Bertz CT molecular complexity index is 1230. The summed E-state index contributed by atoms with van der Waals surface area (Å²) in [5.74, 6) is -3.40. The molecule has 0 saturated carbocycles. The Labute approximate surface area is 201 Å². The maximum atomic E-state index is 13.6. The summed E-state index contributed by atoms with van der Waals surface area (Å²) in [6.45, 7) is 1.99. The van der Waals surface area contributed by atoms with Gasteiger partial charge >= 0.3 is 12.1 Å². The van der Waals surface area contributed by atoms with Crippen LogP contribution in [-0.2, 0) is 9.53 Å². The molecule has 3 aromatic rings. The second-order valence-electron chi connectivity index (χ2n) is 8.30. The number of halogens is 1. The largest absolute Gasteiger partial charge is 0.478 e. The molecule has 0 spiro atoms. The Morgan fingerprint density at radius 1 is 1.00 bits per heavy atom. The van der Waals surface area contributed by atoms with Gasteiger partial charge in [-0.1, -0.05) is 55.5 Å². The molecular formula is C27H25FN2O5. The Morgan fingerprint density at radius 3 is 2.23 bits per heavy atom. The van der Waals surface area contributed by atoms with Crippen LogP contribution in [0, 0.1) is 11.7 Å². The first-order chi connectivity index (χ1) is 16.9. The van der Waals surface area contributed by atoms with Gasteiger partial charge in [0.15, 0.2) is 0 Å². The lowest BCUT2D eigenvalue weighted by Gasteiger charge is -2.17. The van der Waals surface area contributed by atoms with Crippen molar-refractivity contribution in [2.75, 3.05) is 18.5 Å². The van der Waals surface area contributed by atoms with Crippen LogP contribution in [0.4, 0.5) is 14.9 Å². The summed E-state index contributed by atoms with van der Waals surface area (Å²) in [6, 6.07) is 19.4. The number of carbonyl (C=O) groups is 3. The molecule has 0 fully saturated rings. The zero-order valence-electron chi connectivity index (χ0n) is 19.1. The molecule has 7 nitrogen and oxygen atoms in total. The van der Waals surface area contributed by atoms with Gasteiger partial charge in [-0.3, -0.25) is 4.79 Å². The van der Waals surface area contributed by atoms with Crippen LogP contribution < -0.4 is 10.6 Å². The van der Waals surface area contributed by atoms with Gasteiger partial charge in [-0.25, -0.2) is 14.0 Å². The van der Waals surface area contributed by atoms with E-state index in [2.05, 4.69) is 22.8 Å². The van der Waals surface area contributed by atoms with Crippen LogP contribution in [0.2, 0.25) is 0 Å². The van der Waals surface area contributed by atoms with E-state index in [1.165, 1.54) is 6.07 Å². The third-order valence-electron chi connectivity index (χ3n) is 6.16. The average Bonchev–Trinajstić information content (AvgIpc) is 3.18. The summed E-state index contributed by atoms with van der Waals surface area (Å²) in [6.07, 6.45) is -0.212. The standard InChI is InChI=1S/C27H25FN2O5/c1-2-16(25(31)30-17-11-12-24(28)22(13-17)26(32)33)14-29-27(34)35-15-23-20-9-5-3-7-18(20)19-8-4-6-10-21(19)23/h3-13,16,23H,2,14-15H2,1H3,(H,29,34)(H,30,31)(H,32,33). The molecule has 0 aliphatic heterocycles. The molecule has 0 radical (unpaired) electrons. The normalized spacial score (nSPS) is 12.9. The van der Waals surface area contributed by atoms with Crippen LogP contribution in [0.25, 0.3) is 11.1 Å². The van der Waals surface area contributed by atoms with Crippen molar-refractivity contribution >= 4 is 23.7 Å². The molecule has 1 aliphatic rings. The van der Waals surface area contributed by atoms with Crippen molar-refractivity contribution in [3.05, 3.63) is 89.2 Å². The van der Waals surface area contributed by atoms with Gasteiger partial charge < -0.3 is 20.5 Å². The molecule has 3 aromatic carbocycles. The van der Waals surface area contributed by atoms with Crippen LogP contribution in [0.5, 0.6) is 0 Å². The lowest BCUT2D eigenvalue weighted by atomic mass is 9.98. The summed E-state index contributed by atoms with van der Waals surface area (Å²) in [5, 5.41) is 14.3. The van der Waals surface area contributed by atoms with E-state index in [1.807, 2.05) is 36.4 Å². The lowest BCUT2D eigenvalue weighted by molar-refractivity contribution is -0.119. The van der Waals surface area contributed by atoms with E-state index in [-0.39, 0.29) is 24.8 Å². The number of hydrogen-bond donors (Lipinski definition) is 3. The highest BCUT2D eigenvalue weighted by molar-refractivity contribution is 5.95. The molecule has 35 heavy (non-hydrogen) atoms. The number of amides is 2. The fourth-order valence-electron chi connectivity index (χ4n) is 4.29. The number of hydrogen-bond acceptors (Lipinski definition) is 4. The molecular weight excluding hydrogens is 451 g/mol. The van der Waals surface area contributed by atoms with E-state index >= 15 is 0 Å². The summed E-state index contributed by atoms with van der Waals surface area (Å²) in [5.41, 5.74) is 4.10. The quantitative estimate of drug-likeness (QED) is 0.423. The summed E-state index contributed by atoms with van der Waals surface area (Å²) >= 11 is 0. The number of fused-ring (bicyclic) bond motifs is 3. The van der Waals surface area contributed by atoms with Crippen molar-refractivity contribution in [3.63, 3.8) is 0 Å². The number of alkyl carbamates (subject to hydrolysis) is 1. The molecule has 1 aliphatic carbocycles. The fraction of sp³-hybridized carbons (Fsp3) is 0.222. The van der Waals surface area contributed by atoms with Gasteiger partial charge in [-0.05, 0) is 46.9 Å². The van der Waals surface area contributed by atoms with Crippen LogP contribution in [0.3, 0.4) is 0 Å². The Balaban J connectivity index is 1.33. The van der Waals surface area contributed by atoms with Crippen molar-refractivity contribution in [2.45, 2.75) is 19.3 Å². The van der Waals surface area contributed by atoms with Gasteiger partial charge in [0.1, 0.15) is 12.4 Å². The van der Waals surface area contributed by atoms with Crippen molar-refractivity contribution in [1.29, 1.82) is 0 Å². The number of carboxylic acid groups (broad SMARTS) is 1. The van der Waals surface area contributed by atoms with Gasteiger partial charge in [0.25, 0.3) is 0 Å². The molecule has 1 unspecified atom stereocenters. The third kappa shape index (κ3) is 5.16. The zero-order chi connectivity index (χ0) is 24.9. The predicted molar refractivity (Wildman–Crippen MR) is 129 cm³/mol. The third-order valence-corrected chi connectivity index (χ3v) is 6.16. The van der Waals surface area contributed by atoms with E-state index in [4.69, 9.17) is 9.84 Å². The average molecular weight is 477 g/mol. The van der Waals surface area contributed by atoms with E-state index < -0.39 is 35.3 Å². The molecule has 0 bridgehead atoms. The summed E-state index contributed by atoms with van der Waals surface area (Å²) in [4.78, 5) is 36.1. The van der Waals surface area contributed by atoms with Gasteiger partial charge in [-0.2, -0.15) is 0 Å². The number of anilines is 1. The number of carbonyl (C=O) groups excluding carboxylic acids is 2. The second kappa shape index (κ2) is 10.4. The van der Waals surface area contributed by atoms with E-state index in [9.17, 15) is 18.8 Å². The number of nitrogens with one attached hydrogen (secondary N) is 2. The van der Waals surface area contributed by atoms with Crippen molar-refractivity contribution < 1.29 is 28.6 Å². The minimum absolute atomic E-state index is 0.0337. The van der Waals surface area contributed by atoms with Crippen LogP contribution in [-0.4, -0.2) is 36.2 Å². The van der Waals surface area contributed by atoms with Crippen LogP contribution >= 0.6 is 0 Å². The first kappa shape index (κ1) is 23.9. The number of ether oxygens (including phenoxy) is 1. The smallest absolute Gasteiger partial charge is 0.407 e. The highest BCUT2D eigenvalue weighted by Crippen LogP contribution is 2.44. The molecule has 0 saturated heterocycles. The minimum Gasteiger partial charge on any atom is -0.478 e. The SMILES string of the molecule is CCC(CNC(=O)OCC1c2ccccc2-c2ccccc21)C(=O)Nc1ccc(F)c(C(=O)O)c1. The summed E-state index contributed by atoms with van der Waals surface area (Å²) in [7, 11) is 0. The minimum atomic E-state index is -1.43. The lowest BCUT2D eigenvalue weighted by Crippen LogP contribution is -2.36.